The molecular formula is C10H20N4O4S. The summed E-state index contributed by atoms with van der Waals surface area (Å²) in [7, 11) is -0.654. The number of aromatic nitrogens is 2. The summed E-state index contributed by atoms with van der Waals surface area (Å²) in [4.78, 5) is 8.19. The summed E-state index contributed by atoms with van der Waals surface area (Å²) < 4.78 is 33.5. The molecule has 0 amide bonds. The third kappa shape index (κ3) is 12.7. The fraction of sp³-hybridized carbons (Fsp3) is 0.500. The Morgan fingerprint density at radius 2 is 1.84 bits per heavy atom. The van der Waals surface area contributed by atoms with E-state index in [9.17, 15) is 0 Å². The van der Waals surface area contributed by atoms with Crippen molar-refractivity contribution < 1.29 is 17.5 Å². The van der Waals surface area contributed by atoms with Crippen molar-refractivity contribution in [1.29, 1.82) is 0 Å². The van der Waals surface area contributed by atoms with Crippen molar-refractivity contribution in [3.8, 4) is 0 Å². The van der Waals surface area contributed by atoms with Gasteiger partial charge in [0.25, 0.3) is 0 Å². The molecule has 19 heavy (non-hydrogen) atoms. The first-order valence-electron chi connectivity index (χ1n) is 5.46. The Hall–Kier alpha value is -1.58. The van der Waals surface area contributed by atoms with Gasteiger partial charge in [-0.2, -0.15) is 8.42 Å². The molecule has 0 saturated carbocycles. The van der Waals surface area contributed by atoms with Gasteiger partial charge in [-0.25, -0.2) is 4.98 Å². The third-order valence-electron chi connectivity index (χ3n) is 1.98. The van der Waals surface area contributed by atoms with Crippen LogP contribution in [0, 0.1) is 0 Å². The molecule has 1 aromatic heterocycles. The quantitative estimate of drug-likeness (QED) is 0.725. The average molecular weight is 292 g/mol. The standard InChI is InChI=1S/C6H12N2.C4H6N2.H2O4S/c1-3-8-5-4-7(2)6-8;1-6-3-2-5-4-6;1-5(2,3)4/h4-5H,3,6H2,1-2H3;2-4H,1H3;(H2,1,2,3,4). The van der Waals surface area contributed by atoms with Crippen LogP contribution < -0.4 is 0 Å². The molecule has 0 unspecified atom stereocenters. The molecule has 0 radical (unpaired) electrons. The molecule has 2 heterocycles. The van der Waals surface area contributed by atoms with Gasteiger partial charge in [0.2, 0.25) is 0 Å². The van der Waals surface area contributed by atoms with E-state index in [-0.39, 0.29) is 0 Å². The van der Waals surface area contributed by atoms with Crippen LogP contribution in [0.3, 0.4) is 0 Å². The summed E-state index contributed by atoms with van der Waals surface area (Å²) in [6.07, 6.45) is 9.59. The van der Waals surface area contributed by atoms with Crippen LogP contribution in [0.4, 0.5) is 0 Å². The van der Waals surface area contributed by atoms with E-state index >= 15 is 0 Å². The predicted octanol–water partition coefficient (Wildman–Crippen LogP) is 0.450. The Bertz CT molecular complexity index is 450. The lowest BCUT2D eigenvalue weighted by atomic mass is 10.6. The van der Waals surface area contributed by atoms with Crippen LogP contribution in [0.25, 0.3) is 0 Å². The van der Waals surface area contributed by atoms with Gasteiger partial charge in [0.05, 0.1) is 13.0 Å². The normalized spacial score (nSPS) is 13.5. The zero-order chi connectivity index (χ0) is 14.9. The summed E-state index contributed by atoms with van der Waals surface area (Å²) in [5.41, 5.74) is 0. The molecule has 0 aliphatic carbocycles. The van der Waals surface area contributed by atoms with E-state index in [1.807, 2.05) is 17.8 Å². The van der Waals surface area contributed by atoms with Crippen LogP contribution in [-0.4, -0.2) is 57.1 Å². The van der Waals surface area contributed by atoms with E-state index < -0.39 is 10.4 Å². The minimum atomic E-state index is -4.67. The molecule has 1 aliphatic rings. The summed E-state index contributed by atoms with van der Waals surface area (Å²) in [6.45, 7) is 4.32. The zero-order valence-corrected chi connectivity index (χ0v) is 12.0. The van der Waals surface area contributed by atoms with Crippen molar-refractivity contribution in [3.05, 3.63) is 31.1 Å². The van der Waals surface area contributed by atoms with Gasteiger partial charge in [-0.3, -0.25) is 9.11 Å². The Labute approximate surface area is 113 Å². The lowest BCUT2D eigenvalue weighted by Gasteiger charge is -2.14. The number of hydrogen-bond acceptors (Lipinski definition) is 5. The van der Waals surface area contributed by atoms with Crippen LogP contribution in [-0.2, 0) is 17.4 Å². The number of nitrogens with zero attached hydrogens (tertiary/aromatic N) is 4. The first-order valence-corrected chi connectivity index (χ1v) is 6.86. The van der Waals surface area contributed by atoms with Crippen LogP contribution in [0.2, 0.25) is 0 Å². The summed E-state index contributed by atoms with van der Waals surface area (Å²) in [5.74, 6) is 0. The fourth-order valence-electron chi connectivity index (χ4n) is 1.12. The number of imidazole rings is 1. The lowest BCUT2D eigenvalue weighted by molar-refractivity contribution is 0.308. The van der Waals surface area contributed by atoms with Crippen molar-refractivity contribution in [3.63, 3.8) is 0 Å². The van der Waals surface area contributed by atoms with E-state index in [1.54, 1.807) is 12.5 Å². The van der Waals surface area contributed by atoms with E-state index in [2.05, 4.69) is 41.2 Å². The van der Waals surface area contributed by atoms with Gasteiger partial charge in [-0.05, 0) is 6.92 Å². The van der Waals surface area contributed by atoms with E-state index in [0.29, 0.717) is 0 Å². The maximum Gasteiger partial charge on any atom is 0.394 e. The van der Waals surface area contributed by atoms with Crippen molar-refractivity contribution in [2.75, 3.05) is 20.3 Å². The third-order valence-corrected chi connectivity index (χ3v) is 1.98. The highest BCUT2D eigenvalue weighted by Crippen LogP contribution is 2.00. The van der Waals surface area contributed by atoms with E-state index in [1.165, 1.54) is 0 Å². The van der Waals surface area contributed by atoms with Gasteiger partial charge in [0.15, 0.2) is 0 Å². The highest BCUT2D eigenvalue weighted by atomic mass is 32.3. The van der Waals surface area contributed by atoms with Gasteiger partial charge in [0.1, 0.15) is 0 Å². The fourth-order valence-corrected chi connectivity index (χ4v) is 1.12. The Kier molecular flexibility index (Phi) is 7.80. The van der Waals surface area contributed by atoms with E-state index in [0.717, 1.165) is 13.2 Å². The molecule has 0 fully saturated rings. The molecule has 8 nitrogen and oxygen atoms in total. The number of hydrogen-bond donors (Lipinski definition) is 2. The molecular weight excluding hydrogens is 272 g/mol. The molecule has 1 aromatic rings. The number of rotatable bonds is 1. The van der Waals surface area contributed by atoms with E-state index in [4.69, 9.17) is 17.5 Å². The Morgan fingerprint density at radius 3 is 2.00 bits per heavy atom. The Balaban J connectivity index is 0.000000265. The molecule has 2 N–H and O–H groups in total. The molecule has 0 atom stereocenters. The van der Waals surface area contributed by atoms with Gasteiger partial charge in [-0.15, -0.1) is 0 Å². The first kappa shape index (κ1) is 17.4. The second-order valence-corrected chi connectivity index (χ2v) is 4.67. The summed E-state index contributed by atoms with van der Waals surface area (Å²) in [5, 5.41) is 0. The summed E-state index contributed by atoms with van der Waals surface area (Å²) >= 11 is 0. The largest absolute Gasteiger partial charge is 0.394 e. The topological polar surface area (TPSA) is 98.9 Å². The van der Waals surface area contributed by atoms with Crippen LogP contribution in [0.5, 0.6) is 0 Å². The lowest BCUT2D eigenvalue weighted by Crippen LogP contribution is -2.21. The molecule has 0 aromatic carbocycles. The minimum Gasteiger partial charge on any atom is -0.362 e. The zero-order valence-electron chi connectivity index (χ0n) is 11.2. The van der Waals surface area contributed by atoms with Crippen LogP contribution >= 0.6 is 0 Å². The van der Waals surface area contributed by atoms with Crippen molar-refractivity contribution >= 4 is 10.4 Å². The van der Waals surface area contributed by atoms with Crippen molar-refractivity contribution in [2.24, 2.45) is 7.05 Å². The second kappa shape index (κ2) is 8.51. The number of aryl methyl sites for hydroxylation is 1. The monoisotopic (exact) mass is 292 g/mol. The molecule has 1 aliphatic heterocycles. The molecule has 0 saturated heterocycles. The Morgan fingerprint density at radius 1 is 1.26 bits per heavy atom. The second-order valence-electron chi connectivity index (χ2n) is 3.78. The molecule has 9 heteroatoms. The highest BCUT2D eigenvalue weighted by Gasteiger charge is 2.03. The van der Waals surface area contributed by atoms with Gasteiger partial charge in [-0.1, -0.05) is 0 Å². The molecule has 2 rings (SSSR count). The highest BCUT2D eigenvalue weighted by molar-refractivity contribution is 7.79. The molecule has 110 valence electrons. The average Bonchev–Trinajstić information content (AvgIpc) is 2.88. The van der Waals surface area contributed by atoms with Crippen molar-refractivity contribution in [1.82, 2.24) is 19.4 Å². The predicted molar refractivity (Wildman–Crippen MR) is 71.5 cm³/mol. The van der Waals surface area contributed by atoms with Gasteiger partial charge >= 0.3 is 10.4 Å². The minimum absolute atomic E-state index is 1.05. The van der Waals surface area contributed by atoms with Gasteiger partial charge < -0.3 is 14.4 Å². The molecule has 0 bridgehead atoms. The summed E-state index contributed by atoms with van der Waals surface area (Å²) in [6, 6.07) is 0. The van der Waals surface area contributed by atoms with Gasteiger partial charge in [0, 0.05) is 45.4 Å². The molecule has 0 spiro atoms. The maximum atomic E-state index is 8.74. The SMILES string of the molecule is CCN1C=CN(C)C1.Cn1ccnc1.O=S(=O)(O)O. The smallest absolute Gasteiger partial charge is 0.362 e. The first-order chi connectivity index (χ1) is 8.72. The van der Waals surface area contributed by atoms with Crippen LogP contribution in [0.15, 0.2) is 31.1 Å². The van der Waals surface area contributed by atoms with Crippen LogP contribution in [0.1, 0.15) is 6.92 Å². The maximum absolute atomic E-state index is 8.74. The van der Waals surface area contributed by atoms with Crippen molar-refractivity contribution in [2.45, 2.75) is 6.92 Å².